The molecule has 0 unspecified atom stereocenters. The van der Waals surface area contributed by atoms with E-state index in [1.165, 1.54) is 12.1 Å². The van der Waals surface area contributed by atoms with E-state index in [4.69, 9.17) is 9.84 Å². The Morgan fingerprint density at radius 1 is 1.48 bits per heavy atom. The van der Waals surface area contributed by atoms with Crippen molar-refractivity contribution in [3.63, 3.8) is 0 Å². The third-order valence-corrected chi connectivity index (χ3v) is 3.52. The Balaban J connectivity index is 2.08. The lowest BCUT2D eigenvalue weighted by Gasteiger charge is -2.09. The number of aromatic carboxylic acids is 1. The fourth-order valence-corrected chi connectivity index (χ4v) is 2.06. The van der Waals surface area contributed by atoms with Crippen LogP contribution in [0.25, 0.3) is 0 Å². The highest BCUT2D eigenvalue weighted by atomic mass is 79.9. The molecule has 0 spiro atoms. The second-order valence-corrected chi connectivity index (χ2v) is 5.27. The molecule has 21 heavy (non-hydrogen) atoms. The summed E-state index contributed by atoms with van der Waals surface area (Å²) in [7, 11) is 0. The SMILES string of the molecule is CCCCn1nnnc1COc1cc(C(=O)O)ccc1Br. The minimum Gasteiger partial charge on any atom is -0.484 e. The minimum absolute atomic E-state index is 0.166. The van der Waals surface area contributed by atoms with Crippen LogP contribution in [0.5, 0.6) is 5.75 Å². The standard InChI is InChI=1S/C13H15BrN4O3/c1-2-3-6-18-12(15-16-17-18)8-21-11-7-9(13(19)20)4-5-10(11)14/h4-5,7H,2-3,6,8H2,1H3,(H,19,20). The third kappa shape index (κ3) is 4.01. The van der Waals surface area contributed by atoms with Crippen molar-refractivity contribution in [2.45, 2.75) is 32.9 Å². The second-order valence-electron chi connectivity index (χ2n) is 4.41. The van der Waals surface area contributed by atoms with E-state index >= 15 is 0 Å². The summed E-state index contributed by atoms with van der Waals surface area (Å²) in [6.07, 6.45) is 2.03. The molecular weight excluding hydrogens is 340 g/mol. The van der Waals surface area contributed by atoms with Gasteiger partial charge < -0.3 is 9.84 Å². The van der Waals surface area contributed by atoms with E-state index in [0.29, 0.717) is 16.0 Å². The van der Waals surface area contributed by atoms with Gasteiger partial charge in [-0.1, -0.05) is 13.3 Å². The monoisotopic (exact) mass is 354 g/mol. The van der Waals surface area contributed by atoms with E-state index in [1.807, 2.05) is 0 Å². The first-order valence-electron chi connectivity index (χ1n) is 6.52. The highest BCUT2D eigenvalue weighted by Gasteiger charge is 2.11. The molecule has 0 fully saturated rings. The summed E-state index contributed by atoms with van der Waals surface area (Å²) >= 11 is 3.33. The Bertz CT molecular complexity index is 630. The van der Waals surface area contributed by atoms with Crippen LogP contribution < -0.4 is 4.74 Å². The summed E-state index contributed by atoms with van der Waals surface area (Å²) < 4.78 is 7.99. The van der Waals surface area contributed by atoms with Crippen molar-refractivity contribution < 1.29 is 14.6 Å². The lowest BCUT2D eigenvalue weighted by Crippen LogP contribution is -2.09. The Morgan fingerprint density at radius 3 is 3.00 bits per heavy atom. The van der Waals surface area contributed by atoms with E-state index in [9.17, 15) is 4.79 Å². The molecule has 0 aliphatic rings. The van der Waals surface area contributed by atoms with Gasteiger partial charge in [0.25, 0.3) is 0 Å². The summed E-state index contributed by atoms with van der Waals surface area (Å²) in [5.41, 5.74) is 0.166. The molecule has 0 saturated heterocycles. The lowest BCUT2D eigenvalue weighted by atomic mass is 10.2. The van der Waals surface area contributed by atoms with E-state index in [1.54, 1.807) is 10.7 Å². The maximum atomic E-state index is 11.0. The van der Waals surface area contributed by atoms with Crippen molar-refractivity contribution in [3.8, 4) is 5.75 Å². The average Bonchev–Trinajstić information content (AvgIpc) is 2.91. The molecule has 1 aromatic carbocycles. The zero-order valence-corrected chi connectivity index (χ0v) is 13.1. The summed E-state index contributed by atoms with van der Waals surface area (Å²) in [6.45, 7) is 3.01. The van der Waals surface area contributed by atoms with Gasteiger partial charge in [-0.2, -0.15) is 0 Å². The molecule has 0 amide bonds. The predicted octanol–water partition coefficient (Wildman–Crippen LogP) is 2.51. The minimum atomic E-state index is -1.000. The van der Waals surface area contributed by atoms with Crippen molar-refractivity contribution in [1.29, 1.82) is 0 Å². The normalized spacial score (nSPS) is 10.6. The molecular formula is C13H15BrN4O3. The number of tetrazole rings is 1. The van der Waals surface area contributed by atoms with Gasteiger partial charge in [0.2, 0.25) is 0 Å². The molecule has 0 aliphatic heterocycles. The molecule has 2 aromatic rings. The topological polar surface area (TPSA) is 90.1 Å². The second kappa shape index (κ2) is 7.16. The number of carbonyl (C=O) groups is 1. The van der Waals surface area contributed by atoms with Crippen LogP contribution in [0.2, 0.25) is 0 Å². The maximum Gasteiger partial charge on any atom is 0.335 e. The third-order valence-electron chi connectivity index (χ3n) is 2.86. The van der Waals surface area contributed by atoms with E-state index in [-0.39, 0.29) is 12.2 Å². The van der Waals surface area contributed by atoms with Crippen molar-refractivity contribution in [2.75, 3.05) is 0 Å². The maximum absolute atomic E-state index is 11.0. The highest BCUT2D eigenvalue weighted by Crippen LogP contribution is 2.26. The fraction of sp³-hybridized carbons (Fsp3) is 0.385. The molecule has 1 heterocycles. The number of rotatable bonds is 7. The molecule has 2 rings (SSSR count). The number of aromatic nitrogens is 4. The summed E-state index contributed by atoms with van der Waals surface area (Å²) in [4.78, 5) is 11.0. The molecule has 0 atom stereocenters. The van der Waals surface area contributed by atoms with E-state index < -0.39 is 5.97 Å². The number of hydrogen-bond donors (Lipinski definition) is 1. The van der Waals surface area contributed by atoms with Crippen LogP contribution in [0.1, 0.15) is 35.9 Å². The van der Waals surface area contributed by atoms with Gasteiger partial charge in [0.15, 0.2) is 5.82 Å². The van der Waals surface area contributed by atoms with Crippen LogP contribution >= 0.6 is 15.9 Å². The van der Waals surface area contributed by atoms with Crippen molar-refractivity contribution in [3.05, 3.63) is 34.1 Å². The van der Waals surface area contributed by atoms with Crippen molar-refractivity contribution >= 4 is 21.9 Å². The number of carboxylic acids is 1. The fourth-order valence-electron chi connectivity index (χ4n) is 1.70. The van der Waals surface area contributed by atoms with Gasteiger partial charge in [0.1, 0.15) is 12.4 Å². The number of aryl methyl sites for hydroxylation is 1. The lowest BCUT2D eigenvalue weighted by molar-refractivity contribution is 0.0696. The van der Waals surface area contributed by atoms with Crippen LogP contribution in [0.15, 0.2) is 22.7 Å². The number of nitrogens with zero attached hydrogens (tertiary/aromatic N) is 4. The Labute approximate surface area is 130 Å². The number of halogens is 1. The first-order valence-corrected chi connectivity index (χ1v) is 7.31. The summed E-state index contributed by atoms with van der Waals surface area (Å²) in [6, 6.07) is 4.61. The largest absolute Gasteiger partial charge is 0.484 e. The average molecular weight is 355 g/mol. The number of ether oxygens (including phenoxy) is 1. The smallest absolute Gasteiger partial charge is 0.335 e. The van der Waals surface area contributed by atoms with Crippen LogP contribution in [0.3, 0.4) is 0 Å². The van der Waals surface area contributed by atoms with E-state index in [0.717, 1.165) is 19.4 Å². The molecule has 0 radical (unpaired) electrons. The van der Waals surface area contributed by atoms with Gasteiger partial charge in [-0.3, -0.25) is 0 Å². The molecule has 0 aliphatic carbocycles. The van der Waals surface area contributed by atoms with Gasteiger partial charge in [-0.25, -0.2) is 9.48 Å². The first-order chi connectivity index (χ1) is 10.1. The number of benzene rings is 1. The number of unbranched alkanes of at least 4 members (excludes halogenated alkanes) is 1. The van der Waals surface area contributed by atoms with Crippen molar-refractivity contribution in [1.82, 2.24) is 20.2 Å². The molecule has 8 heteroatoms. The number of carboxylic acid groups (broad SMARTS) is 1. The Hall–Kier alpha value is -1.96. The van der Waals surface area contributed by atoms with Gasteiger partial charge in [-0.05, 0) is 51.0 Å². The predicted molar refractivity (Wildman–Crippen MR) is 78.2 cm³/mol. The van der Waals surface area contributed by atoms with Gasteiger partial charge in [0, 0.05) is 6.54 Å². The van der Waals surface area contributed by atoms with Crippen LogP contribution in [-0.4, -0.2) is 31.3 Å². The van der Waals surface area contributed by atoms with Crippen molar-refractivity contribution in [2.24, 2.45) is 0 Å². The van der Waals surface area contributed by atoms with Gasteiger partial charge in [0.05, 0.1) is 10.0 Å². The zero-order valence-electron chi connectivity index (χ0n) is 11.5. The van der Waals surface area contributed by atoms with E-state index in [2.05, 4.69) is 38.4 Å². The molecule has 1 N–H and O–H groups in total. The number of hydrogen-bond acceptors (Lipinski definition) is 5. The quantitative estimate of drug-likeness (QED) is 0.821. The molecule has 0 bridgehead atoms. The van der Waals surface area contributed by atoms with Crippen LogP contribution in [0.4, 0.5) is 0 Å². The molecule has 112 valence electrons. The zero-order chi connectivity index (χ0) is 15.2. The highest BCUT2D eigenvalue weighted by molar-refractivity contribution is 9.10. The van der Waals surface area contributed by atoms with Crippen LogP contribution in [-0.2, 0) is 13.2 Å². The molecule has 1 aromatic heterocycles. The van der Waals surface area contributed by atoms with Gasteiger partial charge in [-0.15, -0.1) is 5.10 Å². The Kier molecular flexibility index (Phi) is 5.26. The molecule has 7 nitrogen and oxygen atoms in total. The van der Waals surface area contributed by atoms with Gasteiger partial charge >= 0.3 is 5.97 Å². The summed E-state index contributed by atoms with van der Waals surface area (Å²) in [5, 5.41) is 20.4. The Morgan fingerprint density at radius 2 is 2.29 bits per heavy atom. The van der Waals surface area contributed by atoms with Crippen LogP contribution in [0, 0.1) is 0 Å². The first kappa shape index (κ1) is 15.4. The summed E-state index contributed by atoms with van der Waals surface area (Å²) in [5.74, 6) is 0.0520. The molecule has 0 saturated carbocycles.